The lowest BCUT2D eigenvalue weighted by Crippen LogP contribution is -2.32. The van der Waals surface area contributed by atoms with Crippen molar-refractivity contribution in [1.82, 2.24) is 4.90 Å². The van der Waals surface area contributed by atoms with E-state index in [1.165, 1.54) is 11.8 Å². The van der Waals surface area contributed by atoms with Crippen LogP contribution in [0.3, 0.4) is 0 Å². The summed E-state index contributed by atoms with van der Waals surface area (Å²) in [6.07, 6.45) is 0. The molecule has 1 heterocycles. The molecule has 90 valence electrons. The van der Waals surface area contributed by atoms with E-state index in [1.54, 1.807) is 4.90 Å². The van der Waals surface area contributed by atoms with Gasteiger partial charge in [0, 0.05) is 6.54 Å². The molecule has 1 fully saturated rings. The van der Waals surface area contributed by atoms with Crippen molar-refractivity contribution in [2.45, 2.75) is 19.1 Å². The minimum absolute atomic E-state index is 0.125. The Kier molecular flexibility index (Phi) is 3.84. The molecule has 0 aliphatic carbocycles. The van der Waals surface area contributed by atoms with Gasteiger partial charge in [0.25, 0.3) is 0 Å². The zero-order valence-electron chi connectivity index (χ0n) is 9.92. The Morgan fingerprint density at radius 1 is 1.35 bits per heavy atom. The highest BCUT2D eigenvalue weighted by atomic mass is 32.2. The maximum atomic E-state index is 12.3. The Balaban J connectivity index is 2.19. The minimum Gasteiger partial charge on any atom is -0.296 e. The molecule has 0 bridgehead atoms. The van der Waals surface area contributed by atoms with E-state index in [9.17, 15) is 4.79 Å². The van der Waals surface area contributed by atoms with Crippen LogP contribution < -0.4 is 0 Å². The van der Waals surface area contributed by atoms with Crippen LogP contribution in [0.1, 0.15) is 24.7 Å². The molecule has 1 aliphatic rings. The molecule has 0 N–H and O–H groups in total. The number of benzene rings is 1. The summed E-state index contributed by atoms with van der Waals surface area (Å²) in [4.78, 5) is 14.0. The van der Waals surface area contributed by atoms with Crippen LogP contribution in [0.2, 0.25) is 0 Å². The highest BCUT2D eigenvalue weighted by Gasteiger charge is 2.37. The summed E-state index contributed by atoms with van der Waals surface area (Å²) in [5, 5.41) is -0.151. The Labute approximate surface area is 111 Å². The Bertz CT molecular complexity index is 430. The van der Waals surface area contributed by atoms with Crippen molar-refractivity contribution in [3.63, 3.8) is 0 Å². The van der Waals surface area contributed by atoms with Crippen molar-refractivity contribution in [1.29, 1.82) is 0 Å². The van der Waals surface area contributed by atoms with Gasteiger partial charge in [-0.15, -0.1) is 0 Å². The first kappa shape index (κ1) is 12.6. The van der Waals surface area contributed by atoms with Gasteiger partial charge in [-0.3, -0.25) is 9.69 Å². The summed E-state index contributed by atoms with van der Waals surface area (Å²) in [5.41, 5.74) is 1.04. The predicted molar refractivity (Wildman–Crippen MR) is 75.9 cm³/mol. The molecule has 0 radical (unpaired) electrons. The van der Waals surface area contributed by atoms with E-state index in [-0.39, 0.29) is 11.2 Å². The second-order valence-electron chi connectivity index (χ2n) is 4.52. The first-order valence-electron chi connectivity index (χ1n) is 5.66. The molecule has 1 aliphatic heterocycles. The van der Waals surface area contributed by atoms with Crippen LogP contribution in [0.25, 0.3) is 0 Å². The molecule has 1 amide bonds. The van der Waals surface area contributed by atoms with Crippen LogP contribution in [0.15, 0.2) is 30.3 Å². The van der Waals surface area contributed by atoms with E-state index >= 15 is 0 Å². The number of rotatable bonds is 3. The summed E-state index contributed by atoms with van der Waals surface area (Å²) in [6, 6.07) is 9.83. The van der Waals surface area contributed by atoms with Crippen molar-refractivity contribution in [3.05, 3.63) is 35.9 Å². The fraction of sp³-hybridized carbons (Fsp3) is 0.385. The van der Waals surface area contributed by atoms with Gasteiger partial charge in [0.2, 0.25) is 5.91 Å². The number of hydrogen-bond acceptors (Lipinski definition) is 3. The van der Waals surface area contributed by atoms with E-state index in [1.807, 2.05) is 30.3 Å². The number of amides is 1. The van der Waals surface area contributed by atoms with Crippen LogP contribution in [-0.2, 0) is 4.79 Å². The molecule has 2 rings (SSSR count). The number of nitrogens with zero attached hydrogens (tertiary/aromatic N) is 1. The van der Waals surface area contributed by atoms with Crippen LogP contribution >= 0.6 is 24.0 Å². The lowest BCUT2D eigenvalue weighted by Gasteiger charge is -2.17. The second kappa shape index (κ2) is 5.19. The fourth-order valence-corrected chi connectivity index (χ4v) is 3.28. The van der Waals surface area contributed by atoms with Crippen LogP contribution in [0.4, 0.5) is 0 Å². The molecule has 0 spiro atoms. The zero-order valence-corrected chi connectivity index (χ0v) is 11.6. The molecule has 1 aromatic carbocycles. The SMILES string of the molecule is CC(C)CN1C(=O)C(c2ccccc2)SC1=S. The standard InChI is InChI=1S/C13H15NOS2/c1-9(2)8-14-12(15)11(17-13(14)16)10-6-4-3-5-7-10/h3-7,9,11H,8H2,1-2H3. The Morgan fingerprint density at radius 2 is 2.00 bits per heavy atom. The molecule has 1 aromatic rings. The maximum Gasteiger partial charge on any atom is 0.246 e. The largest absolute Gasteiger partial charge is 0.296 e. The number of hydrogen-bond donors (Lipinski definition) is 0. The van der Waals surface area contributed by atoms with Crippen molar-refractivity contribution in [2.75, 3.05) is 6.54 Å². The van der Waals surface area contributed by atoms with E-state index in [0.717, 1.165) is 5.56 Å². The molecule has 2 nitrogen and oxygen atoms in total. The summed E-state index contributed by atoms with van der Waals surface area (Å²) >= 11 is 6.77. The number of thioether (sulfide) groups is 1. The molecule has 1 saturated heterocycles. The smallest absolute Gasteiger partial charge is 0.246 e. The third-order valence-electron chi connectivity index (χ3n) is 2.58. The number of thiocarbonyl (C=S) groups is 1. The first-order valence-corrected chi connectivity index (χ1v) is 6.95. The quantitative estimate of drug-likeness (QED) is 0.783. The summed E-state index contributed by atoms with van der Waals surface area (Å²) < 4.78 is 0.706. The van der Waals surface area contributed by atoms with Gasteiger partial charge in [0.1, 0.15) is 9.57 Å². The van der Waals surface area contributed by atoms with Crippen LogP contribution in [-0.4, -0.2) is 21.7 Å². The van der Waals surface area contributed by atoms with Gasteiger partial charge in [0.05, 0.1) is 0 Å². The average molecular weight is 265 g/mol. The first-order chi connectivity index (χ1) is 8.09. The molecular weight excluding hydrogens is 250 g/mol. The van der Waals surface area contributed by atoms with Gasteiger partial charge < -0.3 is 0 Å². The molecule has 1 atom stereocenters. The molecule has 4 heteroatoms. The Hall–Kier alpha value is -0.870. The lowest BCUT2D eigenvalue weighted by molar-refractivity contribution is -0.126. The van der Waals surface area contributed by atoms with Crippen molar-refractivity contribution >= 4 is 34.2 Å². The van der Waals surface area contributed by atoms with Gasteiger partial charge in [-0.1, -0.05) is 68.2 Å². The van der Waals surface area contributed by atoms with Crippen molar-refractivity contribution in [2.24, 2.45) is 5.92 Å². The highest BCUT2D eigenvalue weighted by molar-refractivity contribution is 8.24. The number of carbonyl (C=O) groups excluding carboxylic acids is 1. The van der Waals surface area contributed by atoms with E-state index in [0.29, 0.717) is 16.8 Å². The van der Waals surface area contributed by atoms with Gasteiger partial charge in [0.15, 0.2) is 0 Å². The maximum absolute atomic E-state index is 12.3. The zero-order chi connectivity index (χ0) is 12.4. The van der Waals surface area contributed by atoms with E-state index in [4.69, 9.17) is 12.2 Å². The monoisotopic (exact) mass is 265 g/mol. The number of carbonyl (C=O) groups is 1. The normalized spacial score (nSPS) is 20.4. The fourth-order valence-electron chi connectivity index (χ4n) is 1.81. The topological polar surface area (TPSA) is 20.3 Å². The molecule has 1 unspecified atom stereocenters. The second-order valence-corrected chi connectivity index (χ2v) is 6.26. The predicted octanol–water partition coefficient (Wildman–Crippen LogP) is 3.24. The third-order valence-corrected chi connectivity index (χ3v) is 4.22. The van der Waals surface area contributed by atoms with E-state index < -0.39 is 0 Å². The third kappa shape index (κ3) is 2.69. The van der Waals surface area contributed by atoms with Gasteiger partial charge in [-0.2, -0.15) is 0 Å². The Morgan fingerprint density at radius 3 is 2.59 bits per heavy atom. The van der Waals surface area contributed by atoms with E-state index in [2.05, 4.69) is 13.8 Å². The summed E-state index contributed by atoms with van der Waals surface area (Å²) in [5.74, 6) is 0.562. The lowest BCUT2D eigenvalue weighted by atomic mass is 10.1. The van der Waals surface area contributed by atoms with Gasteiger partial charge in [-0.05, 0) is 11.5 Å². The van der Waals surface area contributed by atoms with Crippen molar-refractivity contribution < 1.29 is 4.79 Å². The van der Waals surface area contributed by atoms with Crippen LogP contribution in [0.5, 0.6) is 0 Å². The average Bonchev–Trinajstić information content (AvgIpc) is 2.58. The van der Waals surface area contributed by atoms with Crippen molar-refractivity contribution in [3.8, 4) is 0 Å². The molecule has 0 aromatic heterocycles. The highest BCUT2D eigenvalue weighted by Crippen LogP contribution is 2.39. The minimum atomic E-state index is -0.151. The van der Waals surface area contributed by atoms with Gasteiger partial charge in [-0.25, -0.2) is 0 Å². The summed E-state index contributed by atoms with van der Waals surface area (Å²) in [6.45, 7) is 4.90. The molecule has 17 heavy (non-hydrogen) atoms. The molecule has 0 saturated carbocycles. The van der Waals surface area contributed by atoms with Crippen LogP contribution in [0, 0.1) is 5.92 Å². The van der Waals surface area contributed by atoms with Gasteiger partial charge >= 0.3 is 0 Å². The summed E-state index contributed by atoms with van der Waals surface area (Å²) in [7, 11) is 0. The molecular formula is C13H15NOS2.